The fourth-order valence-electron chi connectivity index (χ4n) is 4.74. The molecule has 8 nitrogen and oxygen atoms in total. The lowest BCUT2D eigenvalue weighted by Crippen LogP contribution is -2.33. The Morgan fingerprint density at radius 3 is 2.81 bits per heavy atom. The van der Waals surface area contributed by atoms with Gasteiger partial charge in [0.25, 0.3) is 5.91 Å². The predicted molar refractivity (Wildman–Crippen MR) is 137 cm³/mol. The Kier molecular flexibility index (Phi) is 5.48. The average Bonchev–Trinajstić information content (AvgIpc) is 3.66. The molecule has 1 amide bonds. The van der Waals surface area contributed by atoms with Crippen molar-refractivity contribution in [2.75, 3.05) is 13.8 Å². The Morgan fingerprint density at radius 1 is 1.19 bits per heavy atom. The maximum Gasteiger partial charge on any atom is 0.257 e. The van der Waals surface area contributed by atoms with E-state index >= 15 is 4.39 Å². The molecule has 188 valence electrons. The molecule has 4 heterocycles. The summed E-state index contributed by atoms with van der Waals surface area (Å²) in [6.07, 6.45) is 11.7. The van der Waals surface area contributed by atoms with Crippen LogP contribution in [-0.2, 0) is 7.05 Å². The lowest BCUT2D eigenvalue weighted by atomic mass is 10.0. The van der Waals surface area contributed by atoms with Gasteiger partial charge in [0.05, 0.1) is 23.5 Å². The van der Waals surface area contributed by atoms with Gasteiger partial charge in [-0.15, -0.1) is 0 Å². The number of rotatable bonds is 5. The molecule has 0 aliphatic carbocycles. The Bertz CT molecular complexity index is 1490. The standard InChI is InChI=1S/C28H26FN5O3/c1-17(18-5-8-25-26(11-18)37-16-36-25)33(3)28(35)22-7-4-19(10-23(22)29)24-13-30-27-9-6-20(15-34(24)27)21-12-31-32(2)14-21/h4-15,17,27,30H,16H2,1-3H3. The van der Waals surface area contributed by atoms with Crippen molar-refractivity contribution in [2.45, 2.75) is 19.1 Å². The van der Waals surface area contributed by atoms with Gasteiger partial charge in [-0.1, -0.05) is 18.2 Å². The van der Waals surface area contributed by atoms with Gasteiger partial charge in [0.2, 0.25) is 6.79 Å². The molecule has 0 spiro atoms. The van der Waals surface area contributed by atoms with E-state index in [0.717, 1.165) is 22.4 Å². The highest BCUT2D eigenvalue weighted by atomic mass is 19.1. The van der Waals surface area contributed by atoms with Crippen molar-refractivity contribution in [1.29, 1.82) is 0 Å². The molecule has 1 N–H and O–H groups in total. The molecular formula is C28H26FN5O3. The van der Waals surface area contributed by atoms with Crippen LogP contribution in [0.25, 0.3) is 11.3 Å². The van der Waals surface area contributed by atoms with E-state index in [4.69, 9.17) is 9.47 Å². The molecule has 3 aliphatic rings. The van der Waals surface area contributed by atoms with E-state index in [-0.39, 0.29) is 24.6 Å². The monoisotopic (exact) mass is 499 g/mol. The number of aromatic nitrogens is 2. The quantitative estimate of drug-likeness (QED) is 0.566. The first-order chi connectivity index (χ1) is 17.9. The molecule has 9 heteroatoms. The molecule has 0 bridgehead atoms. The highest BCUT2D eigenvalue weighted by Crippen LogP contribution is 2.36. The number of hydrogen-bond acceptors (Lipinski definition) is 6. The number of allylic oxidation sites excluding steroid dienone is 2. The van der Waals surface area contributed by atoms with Crippen LogP contribution < -0.4 is 14.8 Å². The number of carbonyl (C=O) groups excluding carboxylic acids is 1. The number of benzene rings is 2. The lowest BCUT2D eigenvalue weighted by Gasteiger charge is -2.28. The largest absolute Gasteiger partial charge is 0.454 e. The van der Waals surface area contributed by atoms with E-state index < -0.39 is 11.7 Å². The Balaban J connectivity index is 1.22. The summed E-state index contributed by atoms with van der Waals surface area (Å²) in [5.41, 5.74) is 4.38. The third kappa shape index (κ3) is 4.02. The van der Waals surface area contributed by atoms with E-state index in [1.807, 2.05) is 74.0 Å². The second-order valence-electron chi connectivity index (χ2n) is 9.29. The van der Waals surface area contributed by atoms with Gasteiger partial charge in [-0.05, 0) is 42.8 Å². The number of aryl methyl sites for hydroxylation is 1. The van der Waals surface area contributed by atoms with Crippen molar-refractivity contribution >= 4 is 17.2 Å². The van der Waals surface area contributed by atoms with Gasteiger partial charge in [-0.25, -0.2) is 4.39 Å². The Hall–Kier alpha value is -4.53. The highest BCUT2D eigenvalue weighted by Gasteiger charge is 2.28. The van der Waals surface area contributed by atoms with Crippen molar-refractivity contribution < 1.29 is 18.7 Å². The molecule has 1 aromatic heterocycles. The number of amides is 1. The van der Waals surface area contributed by atoms with E-state index in [2.05, 4.69) is 10.4 Å². The topological polar surface area (TPSA) is 71.9 Å². The van der Waals surface area contributed by atoms with Gasteiger partial charge in [0.15, 0.2) is 11.5 Å². The van der Waals surface area contributed by atoms with Crippen molar-refractivity contribution in [1.82, 2.24) is 24.9 Å². The van der Waals surface area contributed by atoms with Crippen LogP contribution in [0.1, 0.15) is 40.0 Å². The minimum atomic E-state index is -0.569. The van der Waals surface area contributed by atoms with Crippen LogP contribution in [0, 0.1) is 5.82 Å². The number of nitrogens with zero attached hydrogens (tertiary/aromatic N) is 4. The van der Waals surface area contributed by atoms with Crippen molar-refractivity contribution in [3.05, 3.63) is 101 Å². The molecule has 3 aromatic rings. The van der Waals surface area contributed by atoms with Crippen molar-refractivity contribution in [3.8, 4) is 11.5 Å². The van der Waals surface area contributed by atoms with Crippen LogP contribution in [0.15, 0.2) is 73.3 Å². The zero-order chi connectivity index (χ0) is 25.7. The summed E-state index contributed by atoms with van der Waals surface area (Å²) < 4.78 is 27.9. The molecule has 0 radical (unpaired) electrons. The third-order valence-electron chi connectivity index (χ3n) is 7.02. The summed E-state index contributed by atoms with van der Waals surface area (Å²) in [7, 11) is 3.55. The number of ether oxygens (including phenoxy) is 2. The molecule has 2 atom stereocenters. The first-order valence-corrected chi connectivity index (χ1v) is 12.0. The number of hydrogen-bond donors (Lipinski definition) is 1. The second-order valence-corrected chi connectivity index (χ2v) is 9.29. The van der Waals surface area contributed by atoms with E-state index in [9.17, 15) is 4.79 Å². The van der Waals surface area contributed by atoms with Crippen LogP contribution in [0.2, 0.25) is 0 Å². The summed E-state index contributed by atoms with van der Waals surface area (Å²) in [5, 5.41) is 7.55. The first-order valence-electron chi connectivity index (χ1n) is 12.0. The predicted octanol–water partition coefficient (Wildman–Crippen LogP) is 4.26. The molecule has 0 saturated carbocycles. The maximum absolute atomic E-state index is 15.3. The van der Waals surface area contributed by atoms with Crippen LogP contribution in [-0.4, -0.2) is 45.5 Å². The smallest absolute Gasteiger partial charge is 0.257 e. The molecule has 0 saturated heterocycles. The molecule has 37 heavy (non-hydrogen) atoms. The Morgan fingerprint density at radius 2 is 2.03 bits per heavy atom. The van der Waals surface area contributed by atoms with Gasteiger partial charge < -0.3 is 24.6 Å². The molecule has 2 unspecified atom stereocenters. The van der Waals surface area contributed by atoms with Crippen molar-refractivity contribution in [3.63, 3.8) is 0 Å². The summed E-state index contributed by atoms with van der Waals surface area (Å²) in [5.74, 6) is 0.354. The zero-order valence-electron chi connectivity index (χ0n) is 20.7. The summed E-state index contributed by atoms with van der Waals surface area (Å²) in [4.78, 5) is 16.8. The van der Waals surface area contributed by atoms with Gasteiger partial charge in [-0.3, -0.25) is 9.48 Å². The number of carbonyl (C=O) groups is 1. The van der Waals surface area contributed by atoms with E-state index in [0.29, 0.717) is 17.1 Å². The molecule has 2 aromatic carbocycles. The summed E-state index contributed by atoms with van der Waals surface area (Å²) in [6.45, 7) is 2.08. The van der Waals surface area contributed by atoms with Crippen LogP contribution in [0.5, 0.6) is 11.5 Å². The van der Waals surface area contributed by atoms with E-state index in [1.165, 1.54) is 11.0 Å². The van der Waals surface area contributed by atoms with Gasteiger partial charge in [-0.2, -0.15) is 5.10 Å². The zero-order valence-corrected chi connectivity index (χ0v) is 20.7. The number of halogens is 1. The fraction of sp³-hybridized carbons (Fsp3) is 0.214. The van der Waals surface area contributed by atoms with Crippen LogP contribution in [0.3, 0.4) is 0 Å². The Labute approximate surface area is 213 Å². The van der Waals surface area contributed by atoms with E-state index in [1.54, 1.807) is 23.9 Å². The summed E-state index contributed by atoms with van der Waals surface area (Å²) in [6, 6.07) is 10.0. The summed E-state index contributed by atoms with van der Waals surface area (Å²) >= 11 is 0. The van der Waals surface area contributed by atoms with Gasteiger partial charge >= 0.3 is 0 Å². The van der Waals surface area contributed by atoms with Crippen LogP contribution in [0.4, 0.5) is 4.39 Å². The molecular weight excluding hydrogens is 473 g/mol. The average molecular weight is 500 g/mol. The second kappa shape index (κ2) is 8.85. The minimum absolute atomic E-state index is 0.0204. The lowest BCUT2D eigenvalue weighted by molar-refractivity contribution is 0.0737. The molecule has 6 rings (SSSR count). The van der Waals surface area contributed by atoms with Crippen LogP contribution >= 0.6 is 0 Å². The van der Waals surface area contributed by atoms with Gasteiger partial charge in [0.1, 0.15) is 12.0 Å². The number of fused-ring (bicyclic) bond motifs is 2. The molecule has 3 aliphatic heterocycles. The molecule has 0 fully saturated rings. The number of nitrogens with one attached hydrogen (secondary N) is 1. The van der Waals surface area contributed by atoms with Gasteiger partial charge in [0, 0.05) is 49.4 Å². The highest BCUT2D eigenvalue weighted by molar-refractivity contribution is 5.95. The fourth-order valence-corrected chi connectivity index (χ4v) is 4.74. The minimum Gasteiger partial charge on any atom is -0.454 e. The third-order valence-corrected chi connectivity index (χ3v) is 7.02. The van der Waals surface area contributed by atoms with Crippen molar-refractivity contribution in [2.24, 2.45) is 7.05 Å². The SMILES string of the molecule is CC(c1ccc2c(c1)OCO2)N(C)C(=O)c1ccc(C2=CNC3C=CC(c4cnn(C)c4)=CN23)cc1F. The first kappa shape index (κ1) is 22.9. The maximum atomic E-state index is 15.3. The normalized spacial score (nSPS) is 18.2.